The fourth-order valence-electron chi connectivity index (χ4n) is 3.77. The lowest BCUT2D eigenvalue weighted by Gasteiger charge is -2.39. The van der Waals surface area contributed by atoms with Gasteiger partial charge in [0.05, 0.1) is 13.2 Å². The van der Waals surface area contributed by atoms with E-state index >= 15 is 0 Å². The Hall–Kier alpha value is -0.280. The number of methoxy groups -OCH3 is 1. The molecule has 2 rings (SSSR count). The van der Waals surface area contributed by atoms with Gasteiger partial charge in [-0.25, -0.2) is 0 Å². The Balaban J connectivity index is 1.73. The Labute approximate surface area is 209 Å². The van der Waals surface area contributed by atoms with Crippen LogP contribution in [0.5, 0.6) is 0 Å². The van der Waals surface area contributed by atoms with E-state index in [1.54, 1.807) is 7.11 Å². The van der Waals surface area contributed by atoms with Gasteiger partial charge < -0.3 is 19.3 Å². The van der Waals surface area contributed by atoms with Crippen molar-refractivity contribution >= 4 is 21.6 Å². The van der Waals surface area contributed by atoms with Gasteiger partial charge in [0.1, 0.15) is 6.23 Å². The molecule has 0 aliphatic carbocycles. The molecule has 0 amide bonds. The van der Waals surface area contributed by atoms with E-state index < -0.39 is 0 Å². The first-order valence-electron chi connectivity index (χ1n) is 12.4. The Kier molecular flexibility index (Phi) is 13.1. The maximum atomic E-state index is 8.89. The van der Waals surface area contributed by atoms with Crippen LogP contribution >= 0.6 is 21.6 Å². The summed E-state index contributed by atoms with van der Waals surface area (Å²) in [4.78, 5) is 0. The average Bonchev–Trinajstić information content (AvgIpc) is 2.84. The van der Waals surface area contributed by atoms with Gasteiger partial charge in [0.15, 0.2) is 6.29 Å². The number of ether oxygens (including phenoxy) is 3. The molecule has 1 heterocycles. The molecular formula is C26H45NO4S2. The summed E-state index contributed by atoms with van der Waals surface area (Å²) in [6, 6.07) is 8.52. The number of hydrogen-bond donors (Lipinski definition) is 2. The molecule has 1 unspecified atom stereocenters. The first-order valence-corrected chi connectivity index (χ1v) is 14.7. The minimum absolute atomic E-state index is 0.0326. The minimum Gasteiger partial charge on any atom is -0.396 e. The zero-order valence-corrected chi connectivity index (χ0v) is 22.9. The predicted molar refractivity (Wildman–Crippen MR) is 141 cm³/mol. The van der Waals surface area contributed by atoms with Crippen LogP contribution in [0.2, 0.25) is 0 Å². The molecular weight excluding hydrogens is 454 g/mol. The number of aliphatic hydroxyl groups excluding tert-OH is 1. The second-order valence-corrected chi connectivity index (χ2v) is 12.8. The third-order valence-electron chi connectivity index (χ3n) is 6.58. The van der Waals surface area contributed by atoms with Crippen LogP contribution in [0.1, 0.15) is 83.6 Å². The highest BCUT2D eigenvalue weighted by atomic mass is 33.1. The number of benzene rings is 1. The quantitative estimate of drug-likeness (QED) is 0.157. The Bertz CT molecular complexity index is 642. The lowest BCUT2D eigenvalue weighted by Crippen LogP contribution is -2.37. The molecule has 1 aliphatic heterocycles. The maximum Gasteiger partial charge on any atom is 0.183 e. The SMILES string of the molecule is CCC1(CC)COC(c2ccc(CNC(CCC(C)(C)SSCCCCO)OC)cc2)OC1. The van der Waals surface area contributed by atoms with E-state index in [9.17, 15) is 0 Å². The fraction of sp³-hybridized carbons (Fsp3) is 0.769. The van der Waals surface area contributed by atoms with E-state index in [0.29, 0.717) is 6.61 Å². The molecule has 5 nitrogen and oxygen atoms in total. The molecule has 0 saturated carbocycles. The molecule has 1 aromatic carbocycles. The van der Waals surface area contributed by atoms with E-state index in [-0.39, 0.29) is 22.7 Å². The van der Waals surface area contributed by atoms with Crippen molar-refractivity contribution in [2.45, 2.75) is 90.0 Å². The smallest absolute Gasteiger partial charge is 0.183 e. The average molecular weight is 500 g/mol. The van der Waals surface area contributed by atoms with Crippen LogP contribution in [-0.2, 0) is 20.8 Å². The molecule has 7 heteroatoms. The van der Waals surface area contributed by atoms with E-state index in [2.05, 4.69) is 57.3 Å². The van der Waals surface area contributed by atoms with Crippen LogP contribution < -0.4 is 5.32 Å². The Morgan fingerprint density at radius 1 is 1.15 bits per heavy atom. The lowest BCUT2D eigenvalue weighted by molar-refractivity contribution is -0.235. The normalized spacial score (nSPS) is 17.9. The van der Waals surface area contributed by atoms with Crippen LogP contribution in [0.25, 0.3) is 0 Å². The minimum atomic E-state index is -0.258. The number of aliphatic hydroxyl groups is 1. The summed E-state index contributed by atoms with van der Waals surface area (Å²) in [6.45, 7) is 11.6. The zero-order valence-electron chi connectivity index (χ0n) is 21.2. The van der Waals surface area contributed by atoms with Crippen LogP contribution in [0.3, 0.4) is 0 Å². The Morgan fingerprint density at radius 3 is 2.39 bits per heavy atom. The summed E-state index contributed by atoms with van der Waals surface area (Å²) in [7, 11) is 5.62. The molecule has 1 aliphatic rings. The fourth-order valence-corrected chi connectivity index (χ4v) is 6.50. The lowest BCUT2D eigenvalue weighted by atomic mass is 9.83. The van der Waals surface area contributed by atoms with Crippen molar-refractivity contribution in [2.75, 3.05) is 32.7 Å². The molecule has 0 aromatic heterocycles. The molecule has 1 atom stereocenters. The van der Waals surface area contributed by atoms with Crippen molar-refractivity contribution in [1.82, 2.24) is 5.32 Å². The summed E-state index contributed by atoms with van der Waals surface area (Å²) < 4.78 is 18.0. The molecule has 0 bridgehead atoms. The number of rotatable bonds is 16. The highest BCUT2D eigenvalue weighted by molar-refractivity contribution is 8.77. The van der Waals surface area contributed by atoms with Crippen molar-refractivity contribution in [2.24, 2.45) is 5.41 Å². The zero-order chi connectivity index (χ0) is 24.2. The van der Waals surface area contributed by atoms with Crippen LogP contribution in [0.4, 0.5) is 0 Å². The molecule has 1 aromatic rings. The number of hydrogen-bond acceptors (Lipinski definition) is 7. The van der Waals surface area contributed by atoms with Crippen LogP contribution in [0.15, 0.2) is 24.3 Å². The molecule has 190 valence electrons. The maximum absolute atomic E-state index is 8.89. The summed E-state index contributed by atoms with van der Waals surface area (Å²) in [5.74, 6) is 1.09. The van der Waals surface area contributed by atoms with Gasteiger partial charge in [-0.3, -0.25) is 5.32 Å². The molecule has 1 saturated heterocycles. The first kappa shape index (κ1) is 29.0. The van der Waals surface area contributed by atoms with Crippen LogP contribution in [0, 0.1) is 5.41 Å². The highest BCUT2D eigenvalue weighted by Gasteiger charge is 2.34. The topological polar surface area (TPSA) is 60.0 Å². The second kappa shape index (κ2) is 15.0. The van der Waals surface area contributed by atoms with Gasteiger partial charge >= 0.3 is 0 Å². The van der Waals surface area contributed by atoms with Gasteiger partial charge in [0.2, 0.25) is 0 Å². The molecule has 0 radical (unpaired) electrons. The monoisotopic (exact) mass is 499 g/mol. The van der Waals surface area contributed by atoms with Gasteiger partial charge in [-0.2, -0.15) is 0 Å². The number of unbranched alkanes of at least 4 members (excludes halogenated alkanes) is 1. The van der Waals surface area contributed by atoms with Crippen molar-refractivity contribution < 1.29 is 19.3 Å². The van der Waals surface area contributed by atoms with Crippen molar-refractivity contribution in [3.63, 3.8) is 0 Å². The molecule has 33 heavy (non-hydrogen) atoms. The summed E-state index contributed by atoms with van der Waals surface area (Å²) in [5, 5.41) is 12.4. The van der Waals surface area contributed by atoms with Crippen LogP contribution in [-0.4, -0.2) is 48.8 Å². The van der Waals surface area contributed by atoms with E-state index in [0.717, 1.165) is 69.6 Å². The van der Waals surface area contributed by atoms with Gasteiger partial charge in [0.25, 0.3) is 0 Å². The summed E-state index contributed by atoms with van der Waals surface area (Å²) in [5.41, 5.74) is 2.47. The second-order valence-electron chi connectivity index (χ2n) is 9.64. The molecule has 2 N–H and O–H groups in total. The molecule has 0 spiro atoms. The predicted octanol–water partition coefficient (Wildman–Crippen LogP) is 6.31. The third kappa shape index (κ3) is 10.1. The largest absolute Gasteiger partial charge is 0.396 e. The summed E-state index contributed by atoms with van der Waals surface area (Å²) in [6.07, 6.45) is 5.94. The van der Waals surface area contributed by atoms with Crippen molar-refractivity contribution in [3.05, 3.63) is 35.4 Å². The number of nitrogens with one attached hydrogen (secondary N) is 1. The Morgan fingerprint density at radius 2 is 1.82 bits per heavy atom. The first-order chi connectivity index (χ1) is 15.9. The third-order valence-corrected chi connectivity index (χ3v) is 10.0. The summed E-state index contributed by atoms with van der Waals surface area (Å²) >= 11 is 0. The van der Waals surface area contributed by atoms with Gasteiger partial charge in [0, 0.05) is 41.7 Å². The highest BCUT2D eigenvalue weighted by Crippen LogP contribution is 2.39. The van der Waals surface area contributed by atoms with E-state index in [4.69, 9.17) is 19.3 Å². The molecule has 1 fully saturated rings. The van der Waals surface area contributed by atoms with E-state index in [1.807, 2.05) is 21.6 Å². The van der Waals surface area contributed by atoms with Crippen molar-refractivity contribution in [3.8, 4) is 0 Å². The van der Waals surface area contributed by atoms with Gasteiger partial charge in [-0.15, -0.1) is 0 Å². The van der Waals surface area contributed by atoms with Gasteiger partial charge in [-0.05, 0) is 57.9 Å². The standard InChI is InChI=1S/C26H45NO4S2/c1-6-26(7-2)19-30-24(31-20-26)22-12-10-21(11-13-22)18-27-23(29-5)14-15-25(3,4)33-32-17-9-8-16-28/h10-13,23-24,27-28H,6-9,14-20H2,1-5H3. The van der Waals surface area contributed by atoms with E-state index in [1.165, 1.54) is 5.56 Å². The van der Waals surface area contributed by atoms with Crippen molar-refractivity contribution in [1.29, 1.82) is 0 Å². The van der Waals surface area contributed by atoms with Gasteiger partial charge in [-0.1, -0.05) is 59.7 Å².